The maximum absolute atomic E-state index is 12.6. The molecule has 1 aliphatic rings. The second-order valence-corrected chi connectivity index (χ2v) is 6.71. The Balaban J connectivity index is 0.00000196. The van der Waals surface area contributed by atoms with Crippen LogP contribution in [0.1, 0.15) is 28.8 Å². The van der Waals surface area contributed by atoms with Gasteiger partial charge in [0.15, 0.2) is 0 Å². The van der Waals surface area contributed by atoms with Crippen LogP contribution in [0.2, 0.25) is 0 Å². The normalized spacial score (nSPS) is 16.2. The van der Waals surface area contributed by atoms with Gasteiger partial charge in [-0.3, -0.25) is 9.69 Å². The van der Waals surface area contributed by atoms with Gasteiger partial charge in [0.05, 0.1) is 19.3 Å². The quantitative estimate of drug-likeness (QED) is 0.745. The predicted octanol–water partition coefficient (Wildman–Crippen LogP) is 3.03. The maximum atomic E-state index is 12.6. The van der Waals surface area contributed by atoms with Crippen molar-refractivity contribution < 1.29 is 9.53 Å². The lowest BCUT2D eigenvalue weighted by Gasteiger charge is -2.35. The number of nitrogens with one attached hydrogen (secondary N) is 1. The van der Waals surface area contributed by atoms with E-state index < -0.39 is 6.04 Å². The Morgan fingerprint density at radius 3 is 2.25 bits per heavy atom. The lowest BCUT2D eigenvalue weighted by molar-refractivity contribution is -0.122. The highest BCUT2D eigenvalue weighted by Crippen LogP contribution is 2.21. The molecule has 0 saturated carbocycles. The number of ether oxygens (including phenoxy) is 1. The second-order valence-electron chi connectivity index (χ2n) is 6.71. The number of halogens is 2. The maximum Gasteiger partial charge on any atom is 0.241 e. The van der Waals surface area contributed by atoms with Crippen molar-refractivity contribution in [1.29, 1.82) is 0 Å². The van der Waals surface area contributed by atoms with E-state index in [1.807, 2.05) is 49.4 Å². The first-order valence-corrected chi connectivity index (χ1v) is 9.12. The number of carbonyl (C=O) groups is 1. The third-order valence-corrected chi connectivity index (χ3v) is 4.86. The van der Waals surface area contributed by atoms with E-state index in [0.29, 0.717) is 6.54 Å². The van der Waals surface area contributed by atoms with Crippen LogP contribution in [-0.2, 0) is 9.53 Å². The number of morpholine rings is 1. The van der Waals surface area contributed by atoms with Crippen LogP contribution in [0.3, 0.4) is 0 Å². The molecule has 1 aliphatic heterocycles. The van der Waals surface area contributed by atoms with Crippen LogP contribution in [0.25, 0.3) is 0 Å². The molecule has 5 nitrogen and oxygen atoms in total. The molecule has 0 radical (unpaired) electrons. The summed E-state index contributed by atoms with van der Waals surface area (Å²) in [6.45, 7) is 5.71. The number of nitrogens with two attached hydrogens (primary N) is 1. The fraction of sp³-hybridized carbons (Fsp3) is 0.381. The zero-order valence-electron chi connectivity index (χ0n) is 16.0. The van der Waals surface area contributed by atoms with Gasteiger partial charge in [-0.25, -0.2) is 0 Å². The van der Waals surface area contributed by atoms with Gasteiger partial charge in [0.25, 0.3) is 0 Å². The van der Waals surface area contributed by atoms with Crippen molar-refractivity contribution in [1.82, 2.24) is 10.2 Å². The molecule has 3 rings (SSSR count). The van der Waals surface area contributed by atoms with Crippen LogP contribution in [-0.4, -0.2) is 43.7 Å². The molecule has 2 atom stereocenters. The van der Waals surface area contributed by atoms with Crippen molar-refractivity contribution in [2.24, 2.45) is 5.73 Å². The molecule has 1 amide bonds. The molecule has 0 aromatic heterocycles. The fourth-order valence-corrected chi connectivity index (χ4v) is 3.25. The van der Waals surface area contributed by atoms with E-state index in [4.69, 9.17) is 10.5 Å². The highest BCUT2D eigenvalue weighted by atomic mass is 35.5. The van der Waals surface area contributed by atoms with Gasteiger partial charge in [0.2, 0.25) is 5.91 Å². The monoisotopic (exact) mass is 425 g/mol. The van der Waals surface area contributed by atoms with Crippen molar-refractivity contribution in [3.05, 3.63) is 71.3 Å². The standard InChI is InChI=1S/C21H27N3O2.2ClH/c1-16-7-9-18(10-8-16)20(22)21(25)23-15-19(17-5-3-2-4-6-17)24-11-13-26-14-12-24;;/h2-10,19-20H,11-15,22H2,1H3,(H,23,25);2*1H. The lowest BCUT2D eigenvalue weighted by atomic mass is 10.0. The molecule has 154 valence electrons. The minimum atomic E-state index is -0.656. The number of nitrogens with zero attached hydrogens (tertiary/aromatic N) is 1. The Labute approximate surface area is 179 Å². The molecule has 1 heterocycles. The molecule has 3 N–H and O–H groups in total. The summed E-state index contributed by atoms with van der Waals surface area (Å²) in [5.41, 5.74) is 9.32. The topological polar surface area (TPSA) is 67.6 Å². The summed E-state index contributed by atoms with van der Waals surface area (Å²) >= 11 is 0. The molecule has 1 fully saturated rings. The Kier molecular flexibility index (Phi) is 10.5. The Bertz CT molecular complexity index is 707. The third-order valence-electron chi connectivity index (χ3n) is 4.86. The van der Waals surface area contributed by atoms with Crippen molar-refractivity contribution >= 4 is 30.7 Å². The van der Waals surface area contributed by atoms with Crippen LogP contribution >= 0.6 is 24.8 Å². The summed E-state index contributed by atoms with van der Waals surface area (Å²) in [6.07, 6.45) is 0. The molecule has 0 bridgehead atoms. The molecule has 0 aliphatic carbocycles. The van der Waals surface area contributed by atoms with Crippen molar-refractivity contribution in [3.63, 3.8) is 0 Å². The number of rotatable bonds is 6. The van der Waals surface area contributed by atoms with E-state index in [1.165, 1.54) is 5.56 Å². The Morgan fingerprint density at radius 2 is 1.64 bits per heavy atom. The first kappa shape index (κ1) is 24.4. The summed E-state index contributed by atoms with van der Waals surface area (Å²) in [5, 5.41) is 3.04. The van der Waals surface area contributed by atoms with Crippen LogP contribution in [0.5, 0.6) is 0 Å². The summed E-state index contributed by atoms with van der Waals surface area (Å²) in [7, 11) is 0. The average Bonchev–Trinajstić information content (AvgIpc) is 2.69. The van der Waals surface area contributed by atoms with Crippen LogP contribution in [0, 0.1) is 6.92 Å². The SMILES string of the molecule is Cc1ccc(C(N)C(=O)NCC(c2ccccc2)N2CCOCC2)cc1.Cl.Cl. The second kappa shape index (κ2) is 12.0. The molecule has 0 spiro atoms. The third kappa shape index (κ3) is 6.47. The minimum absolute atomic E-state index is 0. The summed E-state index contributed by atoms with van der Waals surface area (Å²) in [5.74, 6) is -0.150. The van der Waals surface area contributed by atoms with Crippen LogP contribution < -0.4 is 11.1 Å². The van der Waals surface area contributed by atoms with Gasteiger partial charge in [-0.15, -0.1) is 24.8 Å². The van der Waals surface area contributed by atoms with Crippen molar-refractivity contribution in [2.45, 2.75) is 19.0 Å². The van der Waals surface area contributed by atoms with E-state index in [2.05, 4.69) is 22.3 Å². The van der Waals surface area contributed by atoms with E-state index in [1.54, 1.807) is 0 Å². The van der Waals surface area contributed by atoms with Gasteiger partial charge < -0.3 is 15.8 Å². The Morgan fingerprint density at radius 1 is 1.04 bits per heavy atom. The fourth-order valence-electron chi connectivity index (χ4n) is 3.25. The van der Waals surface area contributed by atoms with E-state index in [0.717, 1.165) is 37.4 Å². The van der Waals surface area contributed by atoms with Gasteiger partial charge >= 0.3 is 0 Å². The molecular formula is C21H29Cl2N3O2. The summed E-state index contributed by atoms with van der Waals surface area (Å²) in [4.78, 5) is 14.9. The largest absolute Gasteiger partial charge is 0.379 e. The van der Waals surface area contributed by atoms with Crippen LogP contribution in [0.15, 0.2) is 54.6 Å². The zero-order chi connectivity index (χ0) is 18.4. The van der Waals surface area contributed by atoms with E-state index >= 15 is 0 Å². The first-order chi connectivity index (χ1) is 12.6. The van der Waals surface area contributed by atoms with Gasteiger partial charge in [-0.05, 0) is 18.1 Å². The number of hydrogen-bond donors (Lipinski definition) is 2. The highest BCUT2D eigenvalue weighted by Gasteiger charge is 2.24. The number of carbonyl (C=O) groups excluding carboxylic acids is 1. The van der Waals surface area contributed by atoms with Crippen LogP contribution in [0.4, 0.5) is 0 Å². The average molecular weight is 426 g/mol. The number of hydrogen-bond acceptors (Lipinski definition) is 4. The van der Waals surface area contributed by atoms with Gasteiger partial charge in [0, 0.05) is 19.6 Å². The molecule has 1 saturated heterocycles. The molecule has 2 aromatic rings. The first-order valence-electron chi connectivity index (χ1n) is 9.12. The van der Waals surface area contributed by atoms with Crippen molar-refractivity contribution in [3.8, 4) is 0 Å². The molecule has 7 heteroatoms. The number of amides is 1. The minimum Gasteiger partial charge on any atom is -0.379 e. The zero-order valence-corrected chi connectivity index (χ0v) is 17.7. The van der Waals surface area contributed by atoms with Gasteiger partial charge in [-0.2, -0.15) is 0 Å². The predicted molar refractivity (Wildman–Crippen MR) is 117 cm³/mol. The number of aryl methyl sites for hydroxylation is 1. The van der Waals surface area contributed by atoms with Crippen molar-refractivity contribution in [2.75, 3.05) is 32.8 Å². The van der Waals surface area contributed by atoms with E-state index in [-0.39, 0.29) is 36.8 Å². The number of benzene rings is 2. The highest BCUT2D eigenvalue weighted by molar-refractivity contribution is 5.85. The van der Waals surface area contributed by atoms with Gasteiger partial charge in [0.1, 0.15) is 6.04 Å². The van der Waals surface area contributed by atoms with Gasteiger partial charge in [-0.1, -0.05) is 60.2 Å². The molecule has 2 aromatic carbocycles. The molecule has 28 heavy (non-hydrogen) atoms. The molecule has 2 unspecified atom stereocenters. The van der Waals surface area contributed by atoms with E-state index in [9.17, 15) is 4.79 Å². The lowest BCUT2D eigenvalue weighted by Crippen LogP contribution is -2.45. The smallest absolute Gasteiger partial charge is 0.241 e. The summed E-state index contributed by atoms with van der Waals surface area (Å²) in [6, 6.07) is 17.5. The Hall–Kier alpha value is -1.63. The summed E-state index contributed by atoms with van der Waals surface area (Å²) < 4.78 is 5.47. The molecular weight excluding hydrogens is 397 g/mol.